The molecule has 3 rings (SSSR count). The number of fused-ring (bicyclic) bond motifs is 2. The molecule has 102 valence electrons. The highest BCUT2D eigenvalue weighted by atomic mass is 16.1. The zero-order valence-corrected chi connectivity index (χ0v) is 11.5. The van der Waals surface area contributed by atoms with Gasteiger partial charge in [-0.1, -0.05) is 18.6 Å². The number of anilines is 1. The van der Waals surface area contributed by atoms with Crippen LogP contribution >= 0.6 is 0 Å². The molecule has 3 heteroatoms. The van der Waals surface area contributed by atoms with E-state index in [2.05, 4.69) is 22.8 Å². The van der Waals surface area contributed by atoms with Crippen molar-refractivity contribution >= 4 is 11.6 Å². The summed E-state index contributed by atoms with van der Waals surface area (Å²) < 4.78 is 0. The third-order valence-corrected chi connectivity index (χ3v) is 4.69. The first kappa shape index (κ1) is 12.5. The van der Waals surface area contributed by atoms with Crippen molar-refractivity contribution in [1.29, 1.82) is 0 Å². The molecular weight excluding hydrogens is 236 g/mol. The van der Waals surface area contributed by atoms with Crippen LogP contribution in [0.4, 0.5) is 5.69 Å². The maximum atomic E-state index is 11.3. The van der Waals surface area contributed by atoms with E-state index >= 15 is 0 Å². The Hall–Kier alpha value is -1.51. The Morgan fingerprint density at radius 3 is 2.58 bits per heavy atom. The maximum absolute atomic E-state index is 11.3. The van der Waals surface area contributed by atoms with Gasteiger partial charge in [-0.25, -0.2) is 0 Å². The Kier molecular flexibility index (Phi) is 3.45. The minimum Gasteiger partial charge on any atom is -0.382 e. The second-order valence-corrected chi connectivity index (χ2v) is 5.97. The van der Waals surface area contributed by atoms with E-state index in [1.807, 2.05) is 12.1 Å². The van der Waals surface area contributed by atoms with Crippen LogP contribution < -0.4 is 10.6 Å². The number of nitrogens with one attached hydrogen (secondary N) is 2. The average Bonchev–Trinajstić information content (AvgIpc) is 3.03. The molecule has 19 heavy (non-hydrogen) atoms. The predicted octanol–water partition coefficient (Wildman–Crippen LogP) is 2.58. The minimum atomic E-state index is 0.0637. The fourth-order valence-electron chi connectivity index (χ4n) is 3.63. The van der Waals surface area contributed by atoms with E-state index < -0.39 is 0 Å². The van der Waals surface area contributed by atoms with Gasteiger partial charge in [-0.2, -0.15) is 0 Å². The van der Waals surface area contributed by atoms with Gasteiger partial charge in [-0.3, -0.25) is 4.79 Å². The molecule has 0 aliphatic heterocycles. The minimum absolute atomic E-state index is 0.0637. The predicted molar refractivity (Wildman–Crippen MR) is 77.1 cm³/mol. The molecule has 2 saturated carbocycles. The Bertz CT molecular complexity index is 454. The van der Waals surface area contributed by atoms with Crippen molar-refractivity contribution in [2.75, 3.05) is 12.4 Å². The van der Waals surface area contributed by atoms with E-state index in [1.165, 1.54) is 31.4 Å². The number of carbonyl (C=O) groups is 1. The van der Waals surface area contributed by atoms with Crippen molar-refractivity contribution in [3.63, 3.8) is 0 Å². The van der Waals surface area contributed by atoms with Gasteiger partial charge in [0.05, 0.1) is 6.42 Å². The lowest BCUT2D eigenvalue weighted by atomic mass is 9.95. The number of likely N-dealkylation sites (N-methyl/N-ethyl adjacent to an activating group) is 1. The van der Waals surface area contributed by atoms with Crippen LogP contribution in [-0.4, -0.2) is 19.0 Å². The third kappa shape index (κ3) is 2.75. The van der Waals surface area contributed by atoms with Crippen molar-refractivity contribution in [1.82, 2.24) is 5.32 Å². The van der Waals surface area contributed by atoms with Gasteiger partial charge >= 0.3 is 0 Å². The maximum Gasteiger partial charge on any atom is 0.224 e. The van der Waals surface area contributed by atoms with Gasteiger partial charge in [0, 0.05) is 18.8 Å². The highest BCUT2D eigenvalue weighted by Crippen LogP contribution is 2.45. The topological polar surface area (TPSA) is 41.1 Å². The van der Waals surface area contributed by atoms with Gasteiger partial charge in [0.15, 0.2) is 0 Å². The number of amides is 1. The van der Waals surface area contributed by atoms with Crippen LogP contribution in [-0.2, 0) is 11.2 Å². The molecule has 2 aliphatic rings. The molecule has 2 bridgehead atoms. The van der Waals surface area contributed by atoms with Crippen molar-refractivity contribution in [3.8, 4) is 0 Å². The van der Waals surface area contributed by atoms with Crippen LogP contribution in [0.3, 0.4) is 0 Å². The van der Waals surface area contributed by atoms with Crippen molar-refractivity contribution in [2.45, 2.75) is 38.1 Å². The summed E-state index contributed by atoms with van der Waals surface area (Å²) in [5.74, 6) is 1.92. The fraction of sp³-hybridized carbons (Fsp3) is 0.562. The summed E-state index contributed by atoms with van der Waals surface area (Å²) in [6.07, 6.45) is 6.06. The molecule has 3 unspecified atom stereocenters. The summed E-state index contributed by atoms with van der Waals surface area (Å²) in [4.78, 5) is 11.3. The molecule has 1 aromatic rings. The summed E-state index contributed by atoms with van der Waals surface area (Å²) in [6.45, 7) is 0. The van der Waals surface area contributed by atoms with Crippen molar-refractivity contribution in [2.24, 2.45) is 11.8 Å². The Morgan fingerprint density at radius 1 is 1.21 bits per heavy atom. The Morgan fingerprint density at radius 2 is 2.00 bits per heavy atom. The van der Waals surface area contributed by atoms with E-state index in [0.717, 1.165) is 17.4 Å². The quantitative estimate of drug-likeness (QED) is 0.871. The number of benzene rings is 1. The molecule has 0 aromatic heterocycles. The first-order valence-corrected chi connectivity index (χ1v) is 7.30. The molecule has 2 N–H and O–H groups in total. The highest BCUT2D eigenvalue weighted by Gasteiger charge is 2.39. The molecule has 2 aliphatic carbocycles. The molecule has 0 heterocycles. The third-order valence-electron chi connectivity index (χ3n) is 4.69. The first-order chi connectivity index (χ1) is 9.24. The lowest BCUT2D eigenvalue weighted by Crippen LogP contribution is -2.25. The van der Waals surface area contributed by atoms with E-state index in [1.54, 1.807) is 7.05 Å². The summed E-state index contributed by atoms with van der Waals surface area (Å²) in [5.41, 5.74) is 2.26. The summed E-state index contributed by atoms with van der Waals surface area (Å²) in [7, 11) is 1.67. The summed E-state index contributed by atoms with van der Waals surface area (Å²) >= 11 is 0. The van der Waals surface area contributed by atoms with Crippen molar-refractivity contribution in [3.05, 3.63) is 29.8 Å². The van der Waals surface area contributed by atoms with Crippen LogP contribution in [0.25, 0.3) is 0 Å². The smallest absolute Gasteiger partial charge is 0.224 e. The fourth-order valence-corrected chi connectivity index (χ4v) is 3.63. The monoisotopic (exact) mass is 258 g/mol. The largest absolute Gasteiger partial charge is 0.382 e. The number of hydrogen-bond acceptors (Lipinski definition) is 2. The van der Waals surface area contributed by atoms with Crippen LogP contribution in [0.5, 0.6) is 0 Å². The van der Waals surface area contributed by atoms with Crippen LogP contribution in [0, 0.1) is 11.8 Å². The van der Waals surface area contributed by atoms with Crippen molar-refractivity contribution < 1.29 is 4.79 Å². The normalized spacial score (nSPS) is 28.4. The first-order valence-electron chi connectivity index (χ1n) is 7.30. The van der Waals surface area contributed by atoms with Gasteiger partial charge < -0.3 is 10.6 Å². The SMILES string of the molecule is CNC(=O)Cc1ccc(NC2CC3CCC2C3)cc1. The Balaban J connectivity index is 1.58. The second-order valence-electron chi connectivity index (χ2n) is 5.97. The molecule has 3 nitrogen and oxygen atoms in total. The Labute approximate surface area is 114 Å². The number of hydrogen-bond donors (Lipinski definition) is 2. The number of carbonyl (C=O) groups excluding carboxylic acids is 1. The standard InChI is InChI=1S/C16H22N2O/c1-17-16(19)10-11-3-6-14(7-4-11)18-15-9-12-2-5-13(15)8-12/h3-4,6-7,12-13,15,18H,2,5,8-10H2,1H3,(H,17,19). The molecule has 0 spiro atoms. The van der Waals surface area contributed by atoms with Gasteiger partial charge in [0.2, 0.25) is 5.91 Å². The summed E-state index contributed by atoms with van der Waals surface area (Å²) in [6, 6.07) is 8.97. The number of rotatable bonds is 4. The average molecular weight is 258 g/mol. The van der Waals surface area contributed by atoms with Gasteiger partial charge in [-0.15, -0.1) is 0 Å². The molecule has 2 fully saturated rings. The van der Waals surface area contributed by atoms with Gasteiger partial charge in [-0.05, 0) is 48.8 Å². The van der Waals surface area contributed by atoms with Gasteiger partial charge in [0.1, 0.15) is 0 Å². The zero-order chi connectivity index (χ0) is 13.2. The molecule has 1 aromatic carbocycles. The molecule has 0 saturated heterocycles. The molecule has 3 atom stereocenters. The lowest BCUT2D eigenvalue weighted by Gasteiger charge is -2.24. The molecule has 0 radical (unpaired) electrons. The van der Waals surface area contributed by atoms with Crippen LogP contribution in [0.1, 0.15) is 31.2 Å². The van der Waals surface area contributed by atoms with Crippen LogP contribution in [0.15, 0.2) is 24.3 Å². The second kappa shape index (κ2) is 5.24. The highest BCUT2D eigenvalue weighted by molar-refractivity contribution is 5.78. The van der Waals surface area contributed by atoms with Crippen LogP contribution in [0.2, 0.25) is 0 Å². The van der Waals surface area contributed by atoms with E-state index in [0.29, 0.717) is 12.5 Å². The molecular formula is C16H22N2O. The lowest BCUT2D eigenvalue weighted by molar-refractivity contribution is -0.119. The zero-order valence-electron chi connectivity index (χ0n) is 11.5. The molecule has 1 amide bonds. The summed E-state index contributed by atoms with van der Waals surface area (Å²) in [5, 5.41) is 6.32. The van der Waals surface area contributed by atoms with Gasteiger partial charge in [0.25, 0.3) is 0 Å². The van der Waals surface area contributed by atoms with E-state index in [-0.39, 0.29) is 5.91 Å². The van der Waals surface area contributed by atoms with E-state index in [4.69, 9.17) is 0 Å². The van der Waals surface area contributed by atoms with E-state index in [9.17, 15) is 4.79 Å².